The van der Waals surface area contributed by atoms with Gasteiger partial charge in [0, 0.05) is 12.3 Å². The van der Waals surface area contributed by atoms with E-state index in [2.05, 4.69) is 0 Å². The van der Waals surface area contributed by atoms with Gasteiger partial charge in [-0.2, -0.15) is 8.42 Å². The molecule has 0 amide bonds. The molecule has 1 aromatic heterocycles. The molecule has 136 valence electrons. The molecule has 1 atom stereocenters. The van der Waals surface area contributed by atoms with E-state index in [9.17, 15) is 17.8 Å². The number of fused-ring (bicyclic) bond motifs is 1. The minimum Gasteiger partial charge on any atom is -0.461 e. The second kappa shape index (κ2) is 6.93. The van der Waals surface area contributed by atoms with Gasteiger partial charge in [0.15, 0.2) is 0 Å². The van der Waals surface area contributed by atoms with Crippen molar-refractivity contribution in [3.05, 3.63) is 54.6 Å². The van der Waals surface area contributed by atoms with Crippen LogP contribution in [0.1, 0.15) is 13.8 Å². The molecule has 0 saturated heterocycles. The molecule has 0 bridgehead atoms. The van der Waals surface area contributed by atoms with Crippen LogP contribution in [-0.4, -0.2) is 29.6 Å². The van der Waals surface area contributed by atoms with E-state index in [0.29, 0.717) is 22.2 Å². The van der Waals surface area contributed by atoms with Gasteiger partial charge in [0.25, 0.3) is 10.1 Å². The summed E-state index contributed by atoms with van der Waals surface area (Å²) >= 11 is 0. The number of rotatable bonds is 5. The van der Waals surface area contributed by atoms with Crippen molar-refractivity contribution in [2.24, 2.45) is 0 Å². The quantitative estimate of drug-likeness (QED) is 0.546. The number of benzene rings is 2. The highest BCUT2D eigenvalue weighted by molar-refractivity contribution is 7.86. The Morgan fingerprint density at radius 2 is 1.73 bits per heavy atom. The van der Waals surface area contributed by atoms with Gasteiger partial charge in [-0.05, 0) is 18.6 Å². The number of hydrogen-bond acceptors (Lipinski definition) is 4. The molecule has 0 fully saturated rings. The average molecular weight is 373 g/mol. The third-order valence-corrected chi connectivity index (χ3v) is 4.97. The van der Waals surface area contributed by atoms with Crippen LogP contribution in [0, 0.1) is 0 Å². The van der Waals surface area contributed by atoms with Crippen molar-refractivity contribution in [2.75, 3.05) is 0 Å². The number of nitrogens with zero attached hydrogens (tertiary/aromatic N) is 1. The monoisotopic (exact) mass is 373 g/mol. The second-order valence-corrected chi connectivity index (χ2v) is 7.43. The lowest BCUT2D eigenvalue weighted by atomic mass is 10.1. The summed E-state index contributed by atoms with van der Waals surface area (Å²) < 4.78 is 41.2. The number of hydrogen-bond donors (Lipinski definition) is 1. The summed E-state index contributed by atoms with van der Waals surface area (Å²) in [5, 5.41) is 0.420. The predicted molar refractivity (Wildman–Crippen MR) is 98.4 cm³/mol. The molecule has 7 heteroatoms. The Bertz CT molecular complexity index is 1050. The summed E-state index contributed by atoms with van der Waals surface area (Å²) in [6.45, 7) is 3.31. The Labute approximate surface area is 151 Å². The normalized spacial score (nSPS) is 12.9. The number of ether oxygens (including phenoxy) is 1. The summed E-state index contributed by atoms with van der Waals surface area (Å²) in [5.41, 5.74) is 1.65. The van der Waals surface area contributed by atoms with Gasteiger partial charge in [-0.1, -0.05) is 48.5 Å². The minimum atomic E-state index is -4.47. The zero-order valence-electron chi connectivity index (χ0n) is 14.4. The molecule has 26 heavy (non-hydrogen) atoms. The van der Waals surface area contributed by atoms with Crippen LogP contribution in [0.25, 0.3) is 22.2 Å². The molecule has 0 aliphatic carbocycles. The van der Waals surface area contributed by atoms with Crippen molar-refractivity contribution in [3.63, 3.8) is 0 Å². The first-order valence-corrected chi connectivity index (χ1v) is 9.54. The maximum atomic E-state index is 12.2. The van der Waals surface area contributed by atoms with Gasteiger partial charge in [0.2, 0.25) is 0 Å². The zero-order chi connectivity index (χ0) is 18.9. The van der Waals surface area contributed by atoms with E-state index in [1.54, 1.807) is 60.0 Å². The topological polar surface area (TPSA) is 85.6 Å². The second-order valence-electron chi connectivity index (χ2n) is 6.07. The summed E-state index contributed by atoms with van der Waals surface area (Å²) in [7, 11) is -4.47. The van der Waals surface area contributed by atoms with Gasteiger partial charge in [0.1, 0.15) is 11.0 Å². The van der Waals surface area contributed by atoms with Crippen molar-refractivity contribution >= 4 is 27.0 Å². The fourth-order valence-electron chi connectivity index (χ4n) is 3.18. The van der Waals surface area contributed by atoms with Crippen LogP contribution >= 0.6 is 0 Å². The number of carbonyl (C=O) groups is 1. The average Bonchev–Trinajstić information content (AvgIpc) is 2.89. The highest BCUT2D eigenvalue weighted by Crippen LogP contribution is 2.37. The van der Waals surface area contributed by atoms with E-state index >= 15 is 0 Å². The summed E-state index contributed by atoms with van der Waals surface area (Å²) in [6, 6.07) is 15.9. The lowest BCUT2D eigenvalue weighted by Gasteiger charge is -2.17. The molecule has 3 rings (SSSR count). The van der Waals surface area contributed by atoms with E-state index in [4.69, 9.17) is 4.74 Å². The maximum Gasteiger partial charge on any atom is 0.302 e. The third kappa shape index (κ3) is 3.49. The standard InChI is InChI=1S/C19H19NO5S/c1-13(25-14(2)21)12-20-17-11-7-6-10-16(17)19(26(22,23)24)18(20)15-8-4-3-5-9-15/h3-11,13H,12H2,1-2H3,(H,22,23,24). The van der Waals surface area contributed by atoms with Crippen LogP contribution in [0.15, 0.2) is 59.5 Å². The van der Waals surface area contributed by atoms with Gasteiger partial charge in [-0.25, -0.2) is 0 Å². The first-order chi connectivity index (χ1) is 12.3. The molecule has 0 radical (unpaired) electrons. The van der Waals surface area contributed by atoms with E-state index in [1.807, 2.05) is 6.07 Å². The Morgan fingerprint density at radius 3 is 2.35 bits per heavy atom. The van der Waals surface area contributed by atoms with Crippen molar-refractivity contribution in [2.45, 2.75) is 31.4 Å². The van der Waals surface area contributed by atoms with Crippen LogP contribution < -0.4 is 0 Å². The number of carbonyl (C=O) groups excluding carboxylic acids is 1. The SMILES string of the molecule is CC(=O)OC(C)Cn1c(-c2ccccc2)c(S(=O)(=O)O)c2ccccc21. The van der Waals surface area contributed by atoms with Gasteiger partial charge in [-0.15, -0.1) is 0 Å². The molecule has 1 unspecified atom stereocenters. The molecule has 0 aliphatic rings. The lowest BCUT2D eigenvalue weighted by Crippen LogP contribution is -2.19. The van der Waals surface area contributed by atoms with E-state index < -0.39 is 22.2 Å². The molecular weight excluding hydrogens is 354 g/mol. The van der Waals surface area contributed by atoms with Crippen LogP contribution in [0.4, 0.5) is 0 Å². The smallest absolute Gasteiger partial charge is 0.302 e. The molecule has 1 N–H and O–H groups in total. The van der Waals surface area contributed by atoms with Crippen LogP contribution in [0.3, 0.4) is 0 Å². The van der Waals surface area contributed by atoms with Gasteiger partial charge < -0.3 is 9.30 Å². The number of esters is 1. The van der Waals surface area contributed by atoms with E-state index in [1.165, 1.54) is 6.92 Å². The van der Waals surface area contributed by atoms with Gasteiger partial charge in [0.05, 0.1) is 17.8 Å². The van der Waals surface area contributed by atoms with Crippen LogP contribution in [-0.2, 0) is 26.2 Å². The highest BCUT2D eigenvalue weighted by Gasteiger charge is 2.27. The van der Waals surface area contributed by atoms with Crippen LogP contribution in [0.5, 0.6) is 0 Å². The number of para-hydroxylation sites is 1. The third-order valence-electron chi connectivity index (χ3n) is 4.04. The Balaban J connectivity index is 2.33. The molecule has 2 aromatic carbocycles. The summed E-state index contributed by atoms with van der Waals surface area (Å²) in [4.78, 5) is 11.1. The summed E-state index contributed by atoms with van der Waals surface area (Å²) in [5.74, 6) is -0.412. The molecule has 0 saturated carbocycles. The molecular formula is C19H19NO5S. The molecule has 1 heterocycles. The van der Waals surface area contributed by atoms with Crippen molar-refractivity contribution in [1.29, 1.82) is 0 Å². The molecule has 0 aliphatic heterocycles. The highest BCUT2D eigenvalue weighted by atomic mass is 32.2. The molecule has 6 nitrogen and oxygen atoms in total. The Kier molecular flexibility index (Phi) is 4.84. The van der Waals surface area contributed by atoms with E-state index in [-0.39, 0.29) is 11.4 Å². The lowest BCUT2D eigenvalue weighted by molar-refractivity contribution is -0.145. The Hall–Kier alpha value is -2.64. The summed E-state index contributed by atoms with van der Waals surface area (Å²) in [6.07, 6.45) is -0.472. The van der Waals surface area contributed by atoms with Gasteiger partial charge in [-0.3, -0.25) is 9.35 Å². The largest absolute Gasteiger partial charge is 0.461 e. The minimum absolute atomic E-state index is 0.144. The fraction of sp³-hybridized carbons (Fsp3) is 0.211. The zero-order valence-corrected chi connectivity index (χ0v) is 15.2. The predicted octanol–water partition coefficient (Wildman–Crippen LogP) is 3.51. The Morgan fingerprint density at radius 1 is 1.12 bits per heavy atom. The van der Waals surface area contributed by atoms with Crippen molar-refractivity contribution in [3.8, 4) is 11.3 Å². The first-order valence-electron chi connectivity index (χ1n) is 8.10. The van der Waals surface area contributed by atoms with Crippen molar-refractivity contribution < 1.29 is 22.5 Å². The molecule has 3 aromatic rings. The first kappa shape index (κ1) is 18.2. The maximum absolute atomic E-state index is 12.2. The molecule has 0 spiro atoms. The van der Waals surface area contributed by atoms with Gasteiger partial charge >= 0.3 is 5.97 Å². The number of aromatic nitrogens is 1. The van der Waals surface area contributed by atoms with E-state index in [0.717, 1.165) is 0 Å². The fourth-order valence-corrected chi connectivity index (χ4v) is 4.11. The van der Waals surface area contributed by atoms with Crippen molar-refractivity contribution in [1.82, 2.24) is 4.57 Å². The van der Waals surface area contributed by atoms with Crippen LogP contribution in [0.2, 0.25) is 0 Å².